The molecule has 0 spiro atoms. The summed E-state index contributed by atoms with van der Waals surface area (Å²) in [5, 5.41) is 0. The quantitative estimate of drug-likeness (QED) is 0.649. The Balaban J connectivity index is 1.47. The van der Waals surface area contributed by atoms with Gasteiger partial charge in [-0.3, -0.25) is 14.5 Å². The molecule has 1 heterocycles. The van der Waals surface area contributed by atoms with Crippen LogP contribution in [0.5, 0.6) is 0 Å². The predicted molar refractivity (Wildman–Crippen MR) is 113 cm³/mol. The van der Waals surface area contributed by atoms with Gasteiger partial charge in [0.1, 0.15) is 5.41 Å². The summed E-state index contributed by atoms with van der Waals surface area (Å²) >= 11 is 0. The van der Waals surface area contributed by atoms with Gasteiger partial charge in [0.15, 0.2) is 0 Å². The second-order valence-corrected chi connectivity index (χ2v) is 8.07. The number of rotatable bonds is 8. The van der Waals surface area contributed by atoms with E-state index >= 15 is 0 Å². The van der Waals surface area contributed by atoms with E-state index < -0.39 is 5.41 Å². The minimum atomic E-state index is -0.752. The summed E-state index contributed by atoms with van der Waals surface area (Å²) in [4.78, 5) is 31.9. The van der Waals surface area contributed by atoms with Gasteiger partial charge in [-0.05, 0) is 24.8 Å². The van der Waals surface area contributed by atoms with Crippen molar-refractivity contribution in [1.29, 1.82) is 0 Å². The fourth-order valence-electron chi connectivity index (χ4n) is 3.84. The van der Waals surface area contributed by atoms with Crippen LogP contribution >= 0.6 is 0 Å². The average molecular weight is 384 g/mol. The van der Waals surface area contributed by atoms with Gasteiger partial charge in [-0.25, -0.2) is 0 Å². The molecule has 152 valence electrons. The highest BCUT2D eigenvalue weighted by Gasteiger charge is 2.59. The van der Waals surface area contributed by atoms with Gasteiger partial charge in [-0.1, -0.05) is 55.8 Å². The maximum atomic E-state index is 13.1. The number of piperazine rings is 1. The topological polar surface area (TPSA) is 43.9 Å². The zero-order valence-electron chi connectivity index (χ0n) is 17.3. The highest BCUT2D eigenvalue weighted by molar-refractivity contribution is 6.07. The summed E-state index contributed by atoms with van der Waals surface area (Å²) in [5.74, 6) is 0.0829. The zero-order valence-corrected chi connectivity index (χ0v) is 17.3. The highest BCUT2D eigenvalue weighted by atomic mass is 16.2. The highest BCUT2D eigenvalue weighted by Crippen LogP contribution is 2.48. The SMILES string of the molecule is CCCCN(C)C(=O)C1(C(=O)N2CCN(C/C=C/c3ccccc3)CC2)CC1. The fourth-order valence-corrected chi connectivity index (χ4v) is 3.84. The molecule has 5 nitrogen and oxygen atoms in total. The van der Waals surface area contributed by atoms with E-state index in [1.54, 1.807) is 4.90 Å². The van der Waals surface area contributed by atoms with E-state index in [9.17, 15) is 9.59 Å². The van der Waals surface area contributed by atoms with Crippen molar-refractivity contribution in [2.24, 2.45) is 5.41 Å². The summed E-state index contributed by atoms with van der Waals surface area (Å²) in [6, 6.07) is 10.3. The number of hydrogen-bond donors (Lipinski definition) is 0. The van der Waals surface area contributed by atoms with E-state index in [1.165, 1.54) is 5.56 Å². The molecule has 0 atom stereocenters. The summed E-state index contributed by atoms with van der Waals surface area (Å²) in [6.45, 7) is 6.90. The van der Waals surface area contributed by atoms with Gasteiger partial charge in [0, 0.05) is 46.3 Å². The Kier molecular flexibility index (Phi) is 6.89. The molecular formula is C23H33N3O2. The standard InChI is InChI=1S/C23H33N3O2/c1-3-4-14-24(2)21(27)23(12-13-23)22(28)26-18-16-25(17-19-26)15-8-11-20-9-6-5-7-10-20/h5-11H,3-4,12-19H2,1-2H3/b11-8+. The third kappa shape index (κ3) is 4.82. The van der Waals surface area contributed by atoms with Crippen LogP contribution in [-0.2, 0) is 9.59 Å². The largest absolute Gasteiger partial charge is 0.345 e. The molecule has 28 heavy (non-hydrogen) atoms. The van der Waals surface area contributed by atoms with Crippen LogP contribution < -0.4 is 0 Å². The normalized spacial score (nSPS) is 19.0. The van der Waals surface area contributed by atoms with Gasteiger partial charge < -0.3 is 9.80 Å². The van der Waals surface area contributed by atoms with Gasteiger partial charge in [0.2, 0.25) is 11.8 Å². The Morgan fingerprint density at radius 3 is 2.39 bits per heavy atom. The van der Waals surface area contributed by atoms with Crippen molar-refractivity contribution in [3.8, 4) is 0 Å². The lowest BCUT2D eigenvalue weighted by Crippen LogP contribution is -2.53. The minimum Gasteiger partial charge on any atom is -0.345 e. The van der Waals surface area contributed by atoms with Crippen molar-refractivity contribution in [2.45, 2.75) is 32.6 Å². The molecule has 5 heteroatoms. The lowest BCUT2D eigenvalue weighted by Gasteiger charge is -2.36. The van der Waals surface area contributed by atoms with Crippen molar-refractivity contribution < 1.29 is 9.59 Å². The molecular weight excluding hydrogens is 350 g/mol. The third-order valence-electron chi connectivity index (χ3n) is 5.90. The van der Waals surface area contributed by atoms with Crippen molar-refractivity contribution in [2.75, 3.05) is 46.3 Å². The molecule has 0 bridgehead atoms. The Hall–Kier alpha value is -2.14. The van der Waals surface area contributed by atoms with Crippen LogP contribution in [0.4, 0.5) is 0 Å². The second-order valence-electron chi connectivity index (χ2n) is 8.07. The number of amides is 2. The smallest absolute Gasteiger partial charge is 0.238 e. The van der Waals surface area contributed by atoms with Gasteiger partial charge >= 0.3 is 0 Å². The van der Waals surface area contributed by atoms with Gasteiger partial charge in [-0.2, -0.15) is 0 Å². The molecule has 2 fully saturated rings. The number of unbranched alkanes of at least 4 members (excludes halogenated alkanes) is 1. The monoisotopic (exact) mass is 383 g/mol. The number of benzene rings is 1. The summed E-state index contributed by atoms with van der Waals surface area (Å²) in [7, 11) is 1.84. The number of hydrogen-bond acceptors (Lipinski definition) is 3. The van der Waals surface area contributed by atoms with E-state index in [4.69, 9.17) is 0 Å². The lowest BCUT2D eigenvalue weighted by molar-refractivity contribution is -0.149. The molecule has 1 aliphatic heterocycles. The fraction of sp³-hybridized carbons (Fsp3) is 0.565. The number of carbonyl (C=O) groups is 2. The number of carbonyl (C=O) groups excluding carboxylic acids is 2. The maximum absolute atomic E-state index is 13.1. The molecule has 3 rings (SSSR count). The number of nitrogens with zero attached hydrogens (tertiary/aromatic N) is 3. The third-order valence-corrected chi connectivity index (χ3v) is 5.90. The maximum Gasteiger partial charge on any atom is 0.238 e. The molecule has 1 aromatic carbocycles. The molecule has 2 amide bonds. The van der Waals surface area contributed by atoms with Crippen molar-refractivity contribution in [3.63, 3.8) is 0 Å². The average Bonchev–Trinajstić information content (AvgIpc) is 3.54. The first-order valence-electron chi connectivity index (χ1n) is 10.6. The summed E-state index contributed by atoms with van der Waals surface area (Å²) in [5.41, 5.74) is 0.454. The van der Waals surface area contributed by atoms with Crippen molar-refractivity contribution in [1.82, 2.24) is 14.7 Å². The second kappa shape index (κ2) is 9.37. The van der Waals surface area contributed by atoms with E-state index in [0.29, 0.717) is 25.9 Å². The molecule has 1 aliphatic carbocycles. The summed E-state index contributed by atoms with van der Waals surface area (Å²) in [6.07, 6.45) is 7.78. The molecule has 0 aromatic heterocycles. The van der Waals surface area contributed by atoms with E-state index in [-0.39, 0.29) is 11.8 Å². The van der Waals surface area contributed by atoms with Crippen LogP contribution in [-0.4, -0.2) is 72.8 Å². The minimum absolute atomic E-state index is 0.0270. The zero-order chi connectivity index (χ0) is 20.0. The van der Waals surface area contributed by atoms with E-state index in [2.05, 4.69) is 36.1 Å². The van der Waals surface area contributed by atoms with E-state index in [1.807, 2.05) is 30.1 Å². The predicted octanol–water partition coefficient (Wildman–Crippen LogP) is 2.88. The molecule has 2 aliphatic rings. The van der Waals surface area contributed by atoms with Crippen LogP contribution in [0.2, 0.25) is 0 Å². The Bertz CT molecular complexity index is 689. The van der Waals surface area contributed by atoms with E-state index in [0.717, 1.165) is 39.0 Å². The Morgan fingerprint density at radius 1 is 1.11 bits per heavy atom. The van der Waals surface area contributed by atoms with Crippen LogP contribution in [0.1, 0.15) is 38.2 Å². The Labute approximate surface area is 169 Å². The van der Waals surface area contributed by atoms with Crippen LogP contribution in [0.3, 0.4) is 0 Å². The Morgan fingerprint density at radius 2 is 1.79 bits per heavy atom. The van der Waals surface area contributed by atoms with Gasteiger partial charge in [-0.15, -0.1) is 0 Å². The van der Waals surface area contributed by atoms with Gasteiger partial charge in [0.05, 0.1) is 0 Å². The first-order valence-corrected chi connectivity index (χ1v) is 10.6. The summed E-state index contributed by atoms with van der Waals surface area (Å²) < 4.78 is 0. The molecule has 0 N–H and O–H groups in total. The van der Waals surface area contributed by atoms with Crippen LogP contribution in [0, 0.1) is 5.41 Å². The molecule has 1 saturated heterocycles. The van der Waals surface area contributed by atoms with Crippen molar-refractivity contribution in [3.05, 3.63) is 42.0 Å². The molecule has 0 unspecified atom stereocenters. The lowest BCUT2D eigenvalue weighted by atomic mass is 10.0. The first kappa shape index (κ1) is 20.6. The van der Waals surface area contributed by atoms with Crippen LogP contribution in [0.15, 0.2) is 36.4 Å². The van der Waals surface area contributed by atoms with Gasteiger partial charge in [0.25, 0.3) is 0 Å². The first-order chi connectivity index (χ1) is 13.6. The molecule has 0 radical (unpaired) electrons. The van der Waals surface area contributed by atoms with Crippen molar-refractivity contribution >= 4 is 17.9 Å². The van der Waals surface area contributed by atoms with Crippen LogP contribution in [0.25, 0.3) is 6.08 Å². The molecule has 1 saturated carbocycles. The molecule has 1 aromatic rings.